The molecule has 0 atom stereocenters. The fraction of sp³-hybridized carbons (Fsp3) is 0.196. The SMILES string of the molecule is Cc1cc(C)c(-c2ccc3c(c2)oc2c(-c4nc5ccccc5n4-c4c(C(C)C)cc(-c5ccccc5)cc4C(C)C)cccc23)c(C)c1. The third kappa shape index (κ3) is 5.16. The molecule has 0 N–H and O–H groups in total. The van der Waals surface area contributed by atoms with Gasteiger partial charge in [-0.25, -0.2) is 4.98 Å². The highest BCUT2D eigenvalue weighted by molar-refractivity contribution is 6.10. The van der Waals surface area contributed by atoms with Crippen molar-refractivity contribution < 1.29 is 4.42 Å². The van der Waals surface area contributed by atoms with Crippen LogP contribution in [0.5, 0.6) is 0 Å². The van der Waals surface area contributed by atoms with Crippen LogP contribution in [0.2, 0.25) is 0 Å². The number of hydrogen-bond acceptors (Lipinski definition) is 2. The maximum absolute atomic E-state index is 6.87. The summed E-state index contributed by atoms with van der Waals surface area (Å²) in [5.41, 5.74) is 17.4. The summed E-state index contributed by atoms with van der Waals surface area (Å²) < 4.78 is 9.27. The maximum atomic E-state index is 6.87. The number of para-hydroxylation sites is 3. The number of benzene rings is 6. The van der Waals surface area contributed by atoms with Gasteiger partial charge in [0.25, 0.3) is 0 Å². The molecule has 2 aromatic heterocycles. The maximum Gasteiger partial charge on any atom is 0.149 e. The van der Waals surface area contributed by atoms with Crippen LogP contribution in [0.25, 0.3) is 72.3 Å². The molecule has 8 aromatic rings. The number of aryl methyl sites for hydroxylation is 3. The number of fused-ring (bicyclic) bond motifs is 4. The van der Waals surface area contributed by atoms with Crippen molar-refractivity contribution in [3.63, 3.8) is 0 Å². The predicted molar refractivity (Wildman–Crippen MR) is 207 cm³/mol. The molecular formula is C46H42N2O. The second-order valence-electron chi connectivity index (χ2n) is 14.2. The fourth-order valence-electron chi connectivity index (χ4n) is 7.81. The lowest BCUT2D eigenvalue weighted by atomic mass is 9.88. The molecular weight excluding hydrogens is 597 g/mol. The molecule has 8 rings (SSSR count). The Morgan fingerprint density at radius 3 is 1.96 bits per heavy atom. The summed E-state index contributed by atoms with van der Waals surface area (Å²) in [5, 5.41) is 2.21. The van der Waals surface area contributed by atoms with E-state index in [0.29, 0.717) is 11.8 Å². The van der Waals surface area contributed by atoms with E-state index in [-0.39, 0.29) is 0 Å². The molecule has 0 saturated heterocycles. The van der Waals surface area contributed by atoms with Gasteiger partial charge in [0.15, 0.2) is 0 Å². The zero-order valence-corrected chi connectivity index (χ0v) is 29.4. The monoisotopic (exact) mass is 638 g/mol. The number of aromatic nitrogens is 2. The van der Waals surface area contributed by atoms with Crippen LogP contribution in [0.15, 0.2) is 120 Å². The van der Waals surface area contributed by atoms with Crippen molar-refractivity contribution in [2.24, 2.45) is 0 Å². The van der Waals surface area contributed by atoms with E-state index in [9.17, 15) is 0 Å². The Bertz CT molecular complexity index is 2480. The van der Waals surface area contributed by atoms with Gasteiger partial charge >= 0.3 is 0 Å². The molecule has 0 saturated carbocycles. The third-order valence-corrected chi connectivity index (χ3v) is 10.0. The summed E-state index contributed by atoms with van der Waals surface area (Å²) in [6, 6.07) is 41.7. The zero-order chi connectivity index (χ0) is 34.0. The molecule has 0 amide bonds. The van der Waals surface area contributed by atoms with Crippen molar-refractivity contribution in [2.75, 3.05) is 0 Å². The van der Waals surface area contributed by atoms with Crippen LogP contribution in [0.1, 0.15) is 67.3 Å². The predicted octanol–water partition coefficient (Wildman–Crippen LogP) is 13.1. The lowest BCUT2D eigenvalue weighted by Crippen LogP contribution is -2.09. The fourth-order valence-corrected chi connectivity index (χ4v) is 7.81. The number of nitrogens with zero attached hydrogens (tertiary/aromatic N) is 2. The summed E-state index contributed by atoms with van der Waals surface area (Å²) in [7, 11) is 0. The van der Waals surface area contributed by atoms with Crippen LogP contribution in [-0.2, 0) is 0 Å². The molecule has 0 aliphatic heterocycles. The minimum absolute atomic E-state index is 0.291. The zero-order valence-electron chi connectivity index (χ0n) is 29.4. The molecule has 0 fully saturated rings. The standard InChI is InChI=1S/C46H42N2O/c1-27(2)38-24-34(32-14-9-8-10-15-32)25-39(28(3)4)44(38)48-41-19-12-11-18-40(41)47-46(48)37-17-13-16-36-35-21-20-33(26-42(35)49-45(36)37)43-30(6)22-29(5)23-31(43)7/h8-28H,1-7H3. The van der Waals surface area contributed by atoms with E-state index in [4.69, 9.17) is 9.40 Å². The normalized spacial score (nSPS) is 11.9. The largest absolute Gasteiger partial charge is 0.455 e. The lowest BCUT2D eigenvalue weighted by Gasteiger charge is -2.24. The van der Waals surface area contributed by atoms with Gasteiger partial charge in [-0.05, 0) is 120 Å². The van der Waals surface area contributed by atoms with Gasteiger partial charge < -0.3 is 4.42 Å². The molecule has 0 radical (unpaired) electrons. The van der Waals surface area contributed by atoms with E-state index in [2.05, 4.69) is 168 Å². The molecule has 0 bridgehead atoms. The molecule has 2 heterocycles. The van der Waals surface area contributed by atoms with Gasteiger partial charge in [0.05, 0.1) is 22.3 Å². The highest BCUT2D eigenvalue weighted by Gasteiger charge is 2.25. The Balaban J connectivity index is 1.40. The van der Waals surface area contributed by atoms with Crippen molar-refractivity contribution in [1.29, 1.82) is 0 Å². The van der Waals surface area contributed by atoms with Gasteiger partial charge in [-0.15, -0.1) is 0 Å². The second kappa shape index (κ2) is 11.9. The number of imidazole rings is 1. The van der Waals surface area contributed by atoms with E-state index < -0.39 is 0 Å². The molecule has 3 heteroatoms. The quantitative estimate of drug-likeness (QED) is 0.181. The Morgan fingerprint density at radius 1 is 0.592 bits per heavy atom. The van der Waals surface area contributed by atoms with E-state index >= 15 is 0 Å². The Hall–Kier alpha value is -5.41. The summed E-state index contributed by atoms with van der Waals surface area (Å²) in [5.74, 6) is 1.48. The molecule has 6 aromatic carbocycles. The minimum Gasteiger partial charge on any atom is -0.455 e. The molecule has 242 valence electrons. The van der Waals surface area contributed by atoms with Crippen molar-refractivity contribution in [3.8, 4) is 39.3 Å². The second-order valence-corrected chi connectivity index (χ2v) is 14.2. The topological polar surface area (TPSA) is 31.0 Å². The summed E-state index contributed by atoms with van der Waals surface area (Å²) >= 11 is 0. The summed E-state index contributed by atoms with van der Waals surface area (Å²) in [6.07, 6.45) is 0. The molecule has 0 unspecified atom stereocenters. The van der Waals surface area contributed by atoms with E-state index in [1.165, 1.54) is 55.8 Å². The molecule has 0 aliphatic carbocycles. The Kier molecular flexibility index (Phi) is 7.52. The van der Waals surface area contributed by atoms with Gasteiger partial charge in [0, 0.05) is 10.8 Å². The number of furan rings is 1. The van der Waals surface area contributed by atoms with Crippen LogP contribution in [0.4, 0.5) is 0 Å². The van der Waals surface area contributed by atoms with Gasteiger partial charge in [-0.3, -0.25) is 4.57 Å². The van der Waals surface area contributed by atoms with Crippen molar-refractivity contribution in [2.45, 2.75) is 60.3 Å². The van der Waals surface area contributed by atoms with Crippen molar-refractivity contribution >= 4 is 33.0 Å². The van der Waals surface area contributed by atoms with Crippen molar-refractivity contribution in [1.82, 2.24) is 9.55 Å². The van der Waals surface area contributed by atoms with E-state index in [0.717, 1.165) is 44.4 Å². The van der Waals surface area contributed by atoms with E-state index in [1.54, 1.807) is 0 Å². The Morgan fingerprint density at radius 2 is 1.27 bits per heavy atom. The van der Waals surface area contributed by atoms with E-state index in [1.807, 2.05) is 0 Å². The van der Waals surface area contributed by atoms with Gasteiger partial charge in [0.1, 0.15) is 17.0 Å². The third-order valence-electron chi connectivity index (χ3n) is 10.0. The number of hydrogen-bond donors (Lipinski definition) is 0. The van der Waals surface area contributed by atoms with Crippen LogP contribution in [0, 0.1) is 20.8 Å². The first kappa shape index (κ1) is 30.9. The summed E-state index contributed by atoms with van der Waals surface area (Å²) in [4.78, 5) is 5.36. The number of rotatable bonds is 6. The van der Waals surface area contributed by atoms with Crippen molar-refractivity contribution in [3.05, 3.63) is 143 Å². The molecule has 3 nitrogen and oxygen atoms in total. The average molecular weight is 639 g/mol. The molecule has 0 spiro atoms. The van der Waals surface area contributed by atoms with Gasteiger partial charge in [0.2, 0.25) is 0 Å². The summed E-state index contributed by atoms with van der Waals surface area (Å²) in [6.45, 7) is 15.7. The lowest BCUT2D eigenvalue weighted by molar-refractivity contribution is 0.669. The smallest absolute Gasteiger partial charge is 0.149 e. The van der Waals surface area contributed by atoms with Crippen LogP contribution in [0.3, 0.4) is 0 Å². The first-order chi connectivity index (χ1) is 23.7. The average Bonchev–Trinajstić information content (AvgIpc) is 3.66. The van der Waals surface area contributed by atoms with Crippen LogP contribution < -0.4 is 0 Å². The highest BCUT2D eigenvalue weighted by atomic mass is 16.3. The highest BCUT2D eigenvalue weighted by Crippen LogP contribution is 2.43. The molecule has 0 aliphatic rings. The van der Waals surface area contributed by atoms with Crippen LogP contribution >= 0.6 is 0 Å². The minimum atomic E-state index is 0.291. The first-order valence-corrected chi connectivity index (χ1v) is 17.4. The van der Waals surface area contributed by atoms with Gasteiger partial charge in [-0.2, -0.15) is 0 Å². The first-order valence-electron chi connectivity index (χ1n) is 17.4. The Labute approximate surface area is 288 Å². The van der Waals surface area contributed by atoms with Gasteiger partial charge in [-0.1, -0.05) is 106 Å². The van der Waals surface area contributed by atoms with Crippen LogP contribution in [-0.4, -0.2) is 9.55 Å². The molecule has 49 heavy (non-hydrogen) atoms.